The average molecular weight is 96.0 g/mol. The van der Waals surface area contributed by atoms with Gasteiger partial charge in [0.15, 0.2) is 0 Å². The van der Waals surface area contributed by atoms with Crippen LogP contribution < -0.4 is 0 Å². The van der Waals surface area contributed by atoms with Crippen LogP contribution in [0.4, 0.5) is 0 Å². The quantitative estimate of drug-likeness (QED) is 0.310. The summed E-state index contributed by atoms with van der Waals surface area (Å²) in [6, 6.07) is 0. The Morgan fingerprint density at radius 3 is 0.750 bits per heavy atom. The third kappa shape index (κ3) is 18.5. The molecule has 0 amide bonds. The zero-order chi connectivity index (χ0) is 2.00. The van der Waals surface area contributed by atoms with Crippen LogP contribution in [0.5, 0.6) is 0 Å². The summed E-state index contributed by atoms with van der Waals surface area (Å²) in [6.45, 7) is 6.00. The highest BCUT2D eigenvalue weighted by Gasteiger charge is 0.601. The zero-order valence-corrected chi connectivity index (χ0v) is 5.66. The fourth-order valence-electron chi connectivity index (χ4n) is 0. The topological polar surface area (TPSA) is 0 Å². The molecule has 0 aliphatic rings. The smallest absolute Gasteiger partial charge is 0.106 e. The molecular formula is C2H10P2. The largest absolute Gasteiger partial charge is 0.153 e. The maximum Gasteiger partial charge on any atom is -0.106 e. The van der Waals surface area contributed by atoms with Crippen molar-refractivity contribution in [1.82, 2.24) is 0 Å². The molecule has 2 heteroatoms. The first-order chi connectivity index (χ1) is 1.00. The summed E-state index contributed by atoms with van der Waals surface area (Å²) in [5.41, 5.74) is 0. The Bertz CT molecular complexity index is 4.00. The van der Waals surface area contributed by atoms with Crippen LogP contribution in [0.25, 0.3) is 0 Å². The van der Waals surface area contributed by atoms with Gasteiger partial charge in [-0.05, 0) is 0 Å². The molecule has 0 aliphatic carbocycles. The molecule has 2 unspecified atom stereocenters. The first-order valence-electron chi connectivity index (χ1n) is 0.500. The lowest BCUT2D eigenvalue weighted by Gasteiger charge is -0.813. The lowest BCUT2D eigenvalue weighted by Crippen LogP contribution is -0.552. The van der Waals surface area contributed by atoms with Crippen molar-refractivity contribution >= 4 is 19.8 Å². The summed E-state index contributed by atoms with van der Waals surface area (Å²) in [4.78, 5) is 0. The summed E-state index contributed by atoms with van der Waals surface area (Å²) in [5.74, 6) is 0. The molecule has 4 heavy (non-hydrogen) atoms. The van der Waals surface area contributed by atoms with Crippen LogP contribution >= 0.6 is 19.8 Å². The summed E-state index contributed by atoms with van der Waals surface area (Å²) in [7, 11) is 0. The lowest BCUT2D eigenvalue weighted by atomic mass is 11.3. The predicted octanol–water partition coefficient (Wildman–Crippen LogP) is 0.918. The van der Waals surface area contributed by atoms with Gasteiger partial charge in [0.25, 0.3) is 0 Å². The van der Waals surface area contributed by atoms with E-state index in [0.717, 1.165) is 0 Å². The van der Waals surface area contributed by atoms with E-state index in [4.69, 9.17) is 0 Å². The minimum Gasteiger partial charge on any atom is -0.153 e. The van der Waals surface area contributed by atoms with E-state index in [9.17, 15) is 0 Å². The van der Waals surface area contributed by atoms with E-state index >= 15 is 0 Å². The highest BCUT2D eigenvalue weighted by molar-refractivity contribution is 6.92. The molecule has 0 saturated carbocycles. The third-order valence-electron chi connectivity index (χ3n) is 0. The Morgan fingerprint density at radius 1 is 0.750 bits per heavy atom. The van der Waals surface area contributed by atoms with Crippen LogP contribution in [0.2, 0.25) is 0 Å². The van der Waals surface area contributed by atoms with Crippen LogP contribution in [0, 0.1) is 0 Å². The van der Waals surface area contributed by atoms with E-state index in [1.54, 1.807) is 0 Å². The Morgan fingerprint density at radius 2 is 0.750 bits per heavy atom. The highest BCUT2D eigenvalue weighted by atomic mass is 31.0. The van der Waals surface area contributed by atoms with Crippen molar-refractivity contribution in [2.75, 3.05) is 0 Å². The van der Waals surface area contributed by atoms with Gasteiger partial charge in [-0.2, -0.15) is 19.8 Å². The van der Waals surface area contributed by atoms with Crippen molar-refractivity contribution in [3.8, 4) is 0 Å². The maximum absolute atomic E-state index is 3.00. The Labute approximate surface area is 33.9 Å². The van der Waals surface area contributed by atoms with Crippen molar-refractivity contribution in [3.05, 3.63) is 13.2 Å². The predicted molar refractivity (Wildman–Crippen MR) is 33.5 cm³/mol. The van der Waals surface area contributed by atoms with Gasteiger partial charge in [-0.3, -0.25) is 0 Å². The molecule has 0 spiro atoms. The Kier molecular flexibility index (Phi) is 394. The van der Waals surface area contributed by atoms with Gasteiger partial charge in [0.05, 0.1) is 0 Å². The first-order valence-corrected chi connectivity index (χ1v) is 0.500. The molecule has 28 valence electrons. The summed E-state index contributed by atoms with van der Waals surface area (Å²) in [6.07, 6.45) is 0. The molecule has 0 fully saturated rings. The fourth-order valence-corrected chi connectivity index (χ4v) is 0. The van der Waals surface area contributed by atoms with Gasteiger partial charge in [0, 0.05) is 0 Å². The Balaban J connectivity index is -0.00000000500. The van der Waals surface area contributed by atoms with E-state index in [1.807, 2.05) is 0 Å². The standard InChI is InChI=1S/C2H4.2H3P/c1-2;;/h1-2H2;2*1H3. The minimum atomic E-state index is 0. The van der Waals surface area contributed by atoms with Crippen LogP contribution in [0.1, 0.15) is 0 Å². The fraction of sp³-hybridized carbons (Fsp3) is 0. The molecule has 0 aliphatic heterocycles. The van der Waals surface area contributed by atoms with E-state index < -0.39 is 0 Å². The molecule has 0 aromatic heterocycles. The molecular weight excluding hydrogens is 86.0 g/mol. The summed E-state index contributed by atoms with van der Waals surface area (Å²) >= 11 is 0. The van der Waals surface area contributed by atoms with Gasteiger partial charge in [-0.1, -0.05) is 0 Å². The minimum absolute atomic E-state index is 0. The van der Waals surface area contributed by atoms with Crippen LogP contribution in [0.3, 0.4) is 0 Å². The van der Waals surface area contributed by atoms with Gasteiger partial charge >= 0.3 is 0 Å². The van der Waals surface area contributed by atoms with E-state index in [1.165, 1.54) is 0 Å². The van der Waals surface area contributed by atoms with Gasteiger partial charge in [0.2, 0.25) is 0 Å². The van der Waals surface area contributed by atoms with Crippen LogP contribution in [0.15, 0.2) is 13.2 Å². The monoisotopic (exact) mass is 96.0 g/mol. The van der Waals surface area contributed by atoms with Gasteiger partial charge < -0.3 is 0 Å². The molecule has 0 heterocycles. The first kappa shape index (κ1) is 23.3. The van der Waals surface area contributed by atoms with Gasteiger partial charge in [-0.25, -0.2) is 0 Å². The second-order valence-corrected chi connectivity index (χ2v) is 0. The summed E-state index contributed by atoms with van der Waals surface area (Å²) in [5, 5.41) is 0. The molecule has 0 aromatic carbocycles. The van der Waals surface area contributed by atoms with Crippen LogP contribution in [-0.2, 0) is 0 Å². The van der Waals surface area contributed by atoms with E-state index in [-0.39, 0.29) is 19.8 Å². The molecule has 0 saturated heterocycles. The lowest BCUT2D eigenvalue weighted by molar-refractivity contribution is 2.81. The highest BCUT2D eigenvalue weighted by Crippen LogP contribution is 0.864. The number of rotatable bonds is 0. The molecule has 0 bridgehead atoms. The number of hydrogen-bond donors (Lipinski definition) is 0. The van der Waals surface area contributed by atoms with Crippen LogP contribution in [-0.4, -0.2) is 0 Å². The number of hydrogen-bond acceptors (Lipinski definition) is 0. The van der Waals surface area contributed by atoms with Crippen molar-refractivity contribution in [3.63, 3.8) is 0 Å². The van der Waals surface area contributed by atoms with Gasteiger partial charge in [-0.15, -0.1) is 13.2 Å². The maximum atomic E-state index is 3.00. The van der Waals surface area contributed by atoms with Crippen molar-refractivity contribution < 1.29 is 0 Å². The van der Waals surface area contributed by atoms with Crippen molar-refractivity contribution in [2.24, 2.45) is 0 Å². The second kappa shape index (κ2) is 67.6. The molecule has 0 nitrogen and oxygen atoms in total. The molecule has 0 rings (SSSR count). The third-order valence-corrected chi connectivity index (χ3v) is 0. The molecule has 0 radical (unpaired) electrons. The molecule has 0 aromatic rings. The zero-order valence-electron chi connectivity index (χ0n) is 2.83. The second-order valence-electron chi connectivity index (χ2n) is 0. The molecule has 0 N–H and O–H groups in total. The molecule has 2 atom stereocenters. The van der Waals surface area contributed by atoms with Gasteiger partial charge in [0.1, 0.15) is 0 Å². The van der Waals surface area contributed by atoms with E-state index in [0.29, 0.717) is 0 Å². The Hall–Kier alpha value is 0.600. The van der Waals surface area contributed by atoms with Crippen molar-refractivity contribution in [2.45, 2.75) is 0 Å². The summed E-state index contributed by atoms with van der Waals surface area (Å²) < 4.78 is 0. The SMILES string of the molecule is C=C.P.P. The normalized spacial score (nSPS) is 1.00. The van der Waals surface area contributed by atoms with E-state index in [2.05, 4.69) is 13.2 Å². The average Bonchev–Trinajstić information content (AvgIpc) is 1.00. The van der Waals surface area contributed by atoms with Crippen molar-refractivity contribution in [1.29, 1.82) is 0 Å².